The van der Waals surface area contributed by atoms with Crippen LogP contribution in [0.2, 0.25) is 5.02 Å². The number of urea groups is 1. The van der Waals surface area contributed by atoms with Gasteiger partial charge in [-0.2, -0.15) is 5.01 Å². The number of carbonyl (C=O) groups is 2. The second-order valence-electron chi connectivity index (χ2n) is 4.99. The van der Waals surface area contributed by atoms with Gasteiger partial charge in [0.15, 0.2) is 0 Å². The van der Waals surface area contributed by atoms with Crippen molar-refractivity contribution in [3.8, 4) is 10.4 Å². The molecule has 0 bridgehead atoms. The van der Waals surface area contributed by atoms with Gasteiger partial charge in [0.1, 0.15) is 0 Å². The molecule has 3 N–H and O–H groups in total. The summed E-state index contributed by atoms with van der Waals surface area (Å²) in [6.45, 7) is 0. The number of hydrazine groups is 1. The first-order chi connectivity index (χ1) is 12.0. The maximum Gasteiger partial charge on any atom is 0.340 e. The Morgan fingerprint density at radius 2 is 1.76 bits per heavy atom. The fraction of sp³-hybridized carbons (Fsp3) is 0. The monoisotopic (exact) mass is 372 g/mol. The summed E-state index contributed by atoms with van der Waals surface area (Å²) in [6.07, 6.45) is 1.62. The first-order valence-corrected chi connectivity index (χ1v) is 8.41. The largest absolute Gasteiger partial charge is 0.350 e. The number of anilines is 1. The van der Waals surface area contributed by atoms with Crippen LogP contribution in [0.3, 0.4) is 0 Å². The molecular formula is C17H13ClN4O2S. The summed E-state index contributed by atoms with van der Waals surface area (Å²) < 4.78 is 0. The van der Waals surface area contributed by atoms with Crippen LogP contribution in [0.5, 0.6) is 0 Å². The van der Waals surface area contributed by atoms with Gasteiger partial charge >= 0.3 is 6.03 Å². The highest BCUT2D eigenvalue weighted by Crippen LogP contribution is 2.30. The summed E-state index contributed by atoms with van der Waals surface area (Å²) in [5.74, 6) is -0.494. The highest BCUT2D eigenvalue weighted by Gasteiger charge is 2.20. The number of nitrogens with two attached hydrogens (primary N) is 1. The Labute approximate surface area is 152 Å². The highest BCUT2D eigenvalue weighted by atomic mass is 35.5. The number of halogens is 1. The molecule has 6 nitrogen and oxygen atoms in total. The van der Waals surface area contributed by atoms with E-state index in [2.05, 4.69) is 10.4 Å². The molecule has 0 aliphatic heterocycles. The predicted molar refractivity (Wildman–Crippen MR) is 98.5 cm³/mol. The van der Waals surface area contributed by atoms with Crippen molar-refractivity contribution in [3.05, 3.63) is 71.4 Å². The van der Waals surface area contributed by atoms with Crippen molar-refractivity contribution in [2.45, 2.75) is 0 Å². The number of benzene rings is 2. The van der Waals surface area contributed by atoms with E-state index >= 15 is 0 Å². The third-order valence-electron chi connectivity index (χ3n) is 3.28. The van der Waals surface area contributed by atoms with Crippen molar-refractivity contribution in [1.29, 1.82) is 0 Å². The van der Waals surface area contributed by atoms with E-state index < -0.39 is 11.9 Å². The molecule has 3 amide bonds. The SMILES string of the molecule is NC(=O)N(NC(=O)c1ccc(Cl)cc1)c1ncc(-c2ccccc2)s1. The Kier molecular flexibility index (Phi) is 4.97. The smallest absolute Gasteiger partial charge is 0.340 e. The Hall–Kier alpha value is -2.90. The van der Waals surface area contributed by atoms with Gasteiger partial charge < -0.3 is 5.73 Å². The number of primary amides is 1. The van der Waals surface area contributed by atoms with Crippen LogP contribution in [-0.4, -0.2) is 16.9 Å². The summed E-state index contributed by atoms with van der Waals surface area (Å²) in [6, 6.07) is 15.0. The van der Waals surface area contributed by atoms with Crippen LogP contribution in [0.1, 0.15) is 10.4 Å². The number of hydrogen-bond acceptors (Lipinski definition) is 4. The van der Waals surface area contributed by atoms with Crippen LogP contribution >= 0.6 is 22.9 Å². The van der Waals surface area contributed by atoms with Crippen molar-refractivity contribution in [3.63, 3.8) is 0 Å². The van der Waals surface area contributed by atoms with Gasteiger partial charge in [-0.15, -0.1) is 0 Å². The van der Waals surface area contributed by atoms with Gasteiger partial charge in [-0.25, -0.2) is 9.78 Å². The van der Waals surface area contributed by atoms with Gasteiger partial charge in [0.25, 0.3) is 5.91 Å². The molecule has 0 unspecified atom stereocenters. The molecule has 25 heavy (non-hydrogen) atoms. The second-order valence-corrected chi connectivity index (χ2v) is 6.44. The van der Waals surface area contributed by atoms with Crippen LogP contribution in [0, 0.1) is 0 Å². The predicted octanol–water partition coefficient (Wildman–Crippen LogP) is 3.69. The van der Waals surface area contributed by atoms with Crippen molar-refractivity contribution in [2.24, 2.45) is 5.73 Å². The minimum Gasteiger partial charge on any atom is -0.350 e. The fourth-order valence-electron chi connectivity index (χ4n) is 2.07. The molecule has 0 spiro atoms. The van der Waals surface area contributed by atoms with Crippen LogP contribution in [0.25, 0.3) is 10.4 Å². The van der Waals surface area contributed by atoms with Crippen molar-refractivity contribution < 1.29 is 9.59 Å². The van der Waals surface area contributed by atoms with Gasteiger partial charge in [0.05, 0.1) is 4.88 Å². The first-order valence-electron chi connectivity index (χ1n) is 7.22. The Bertz CT molecular complexity index is 897. The maximum atomic E-state index is 12.3. The second kappa shape index (κ2) is 7.33. The highest BCUT2D eigenvalue weighted by molar-refractivity contribution is 7.19. The molecule has 0 saturated carbocycles. The molecule has 1 heterocycles. The lowest BCUT2D eigenvalue weighted by Crippen LogP contribution is -2.49. The molecule has 0 radical (unpaired) electrons. The summed E-state index contributed by atoms with van der Waals surface area (Å²) in [7, 11) is 0. The third-order valence-corrected chi connectivity index (χ3v) is 4.57. The molecule has 0 saturated heterocycles. The van der Waals surface area contributed by atoms with E-state index in [1.807, 2.05) is 30.3 Å². The van der Waals surface area contributed by atoms with Crippen LogP contribution in [0.15, 0.2) is 60.8 Å². The minimum absolute atomic E-state index is 0.272. The lowest BCUT2D eigenvalue weighted by molar-refractivity contribution is 0.0951. The van der Waals surface area contributed by atoms with E-state index in [1.54, 1.807) is 30.5 Å². The van der Waals surface area contributed by atoms with E-state index in [-0.39, 0.29) is 5.13 Å². The third kappa shape index (κ3) is 3.96. The number of rotatable bonds is 3. The van der Waals surface area contributed by atoms with Crippen LogP contribution in [-0.2, 0) is 0 Å². The zero-order valence-corrected chi connectivity index (χ0v) is 14.4. The zero-order valence-electron chi connectivity index (χ0n) is 12.8. The van der Waals surface area contributed by atoms with Gasteiger partial charge in [0.2, 0.25) is 5.13 Å². The van der Waals surface area contributed by atoms with Crippen molar-refractivity contribution in [1.82, 2.24) is 10.4 Å². The summed E-state index contributed by atoms with van der Waals surface area (Å²) >= 11 is 7.05. The summed E-state index contributed by atoms with van der Waals surface area (Å²) in [4.78, 5) is 29.1. The summed E-state index contributed by atoms with van der Waals surface area (Å²) in [5, 5.41) is 1.71. The van der Waals surface area contributed by atoms with Gasteiger partial charge in [-0.05, 0) is 29.8 Å². The lowest BCUT2D eigenvalue weighted by Gasteiger charge is -2.18. The first kappa shape index (κ1) is 16.9. The molecule has 3 aromatic rings. The molecule has 0 aliphatic rings. The number of amides is 3. The van der Waals surface area contributed by atoms with E-state index in [1.165, 1.54) is 11.3 Å². The van der Waals surface area contributed by atoms with Crippen LogP contribution < -0.4 is 16.2 Å². The Morgan fingerprint density at radius 3 is 2.40 bits per heavy atom. The molecule has 0 fully saturated rings. The summed E-state index contributed by atoms with van der Waals surface area (Å²) in [5.41, 5.74) is 9.14. The lowest BCUT2D eigenvalue weighted by atomic mass is 10.2. The van der Waals surface area contributed by atoms with E-state index in [0.717, 1.165) is 15.4 Å². The number of thiazole rings is 1. The Balaban J connectivity index is 1.82. The normalized spacial score (nSPS) is 10.3. The topological polar surface area (TPSA) is 88.3 Å². The fourth-order valence-corrected chi connectivity index (χ4v) is 3.08. The number of aromatic nitrogens is 1. The average Bonchev–Trinajstić information content (AvgIpc) is 3.10. The average molecular weight is 373 g/mol. The zero-order chi connectivity index (χ0) is 17.8. The maximum absolute atomic E-state index is 12.3. The number of carbonyl (C=O) groups excluding carboxylic acids is 2. The molecular weight excluding hydrogens is 360 g/mol. The standard InChI is InChI=1S/C17H13ClN4O2S/c18-13-8-6-12(7-9-13)15(23)21-22(16(19)24)17-20-10-14(25-17)11-4-2-1-3-5-11/h1-10H,(H2,19,24)(H,21,23). The van der Waals surface area contributed by atoms with Crippen molar-refractivity contribution in [2.75, 3.05) is 5.01 Å². The van der Waals surface area contributed by atoms with Crippen molar-refractivity contribution >= 4 is 40.0 Å². The Morgan fingerprint density at radius 1 is 1.08 bits per heavy atom. The van der Waals surface area contributed by atoms with E-state index in [9.17, 15) is 9.59 Å². The number of hydrogen-bond donors (Lipinski definition) is 2. The molecule has 0 aliphatic carbocycles. The molecule has 1 aromatic heterocycles. The van der Waals surface area contributed by atoms with Crippen LogP contribution in [0.4, 0.5) is 9.93 Å². The number of nitrogens with zero attached hydrogens (tertiary/aromatic N) is 2. The van der Waals surface area contributed by atoms with Gasteiger partial charge in [0, 0.05) is 16.8 Å². The van der Waals surface area contributed by atoms with E-state index in [0.29, 0.717) is 10.6 Å². The van der Waals surface area contributed by atoms with Gasteiger partial charge in [-0.3, -0.25) is 10.2 Å². The number of nitrogens with one attached hydrogen (secondary N) is 1. The molecule has 0 atom stereocenters. The minimum atomic E-state index is -0.837. The van der Waals surface area contributed by atoms with E-state index in [4.69, 9.17) is 17.3 Å². The van der Waals surface area contributed by atoms with Gasteiger partial charge in [-0.1, -0.05) is 53.3 Å². The molecule has 2 aromatic carbocycles. The quantitative estimate of drug-likeness (QED) is 0.687. The molecule has 126 valence electrons. The molecule has 8 heteroatoms. The molecule has 3 rings (SSSR count).